The third-order valence-corrected chi connectivity index (χ3v) is 3.58. The van der Waals surface area contributed by atoms with Gasteiger partial charge in [0, 0.05) is 25.2 Å². The maximum atomic E-state index is 12.5. The summed E-state index contributed by atoms with van der Waals surface area (Å²) in [6.07, 6.45) is 3.80. The third-order valence-electron chi connectivity index (χ3n) is 3.58. The lowest BCUT2D eigenvalue weighted by atomic mass is 10.2. The minimum atomic E-state index is 0.0920. The van der Waals surface area contributed by atoms with Gasteiger partial charge in [0.25, 0.3) is 0 Å². The quantitative estimate of drug-likeness (QED) is 0.532. The van der Waals surface area contributed by atoms with Gasteiger partial charge in [0.2, 0.25) is 0 Å². The summed E-state index contributed by atoms with van der Waals surface area (Å²) in [6, 6.07) is 6.43. The molecule has 2 N–H and O–H groups in total. The highest BCUT2D eigenvalue weighted by atomic mass is 16.1. The zero-order valence-electron chi connectivity index (χ0n) is 13.3. The summed E-state index contributed by atoms with van der Waals surface area (Å²) < 4.78 is 3.78. The van der Waals surface area contributed by atoms with Crippen molar-refractivity contribution in [1.82, 2.24) is 9.13 Å². The number of fused-ring (bicyclic) bond motifs is 1. The largest absolute Gasteiger partial charge is 0.329 e. The summed E-state index contributed by atoms with van der Waals surface area (Å²) in [5.74, 6) is 5.19. The zero-order chi connectivity index (χ0) is 17.6. The van der Waals surface area contributed by atoms with Crippen molar-refractivity contribution < 1.29 is 0 Å². The summed E-state index contributed by atoms with van der Waals surface area (Å²) in [5, 5.41) is 16.5. The molecule has 0 bridgehead atoms. The molecule has 0 spiro atoms. The lowest BCUT2D eigenvalue weighted by Crippen LogP contribution is -2.24. The van der Waals surface area contributed by atoms with E-state index in [4.69, 9.17) is 16.4 Å². The highest BCUT2D eigenvalue weighted by Gasteiger charge is 2.29. The van der Waals surface area contributed by atoms with Gasteiger partial charge in [-0.2, -0.15) is 5.10 Å². The number of nitrogens with zero attached hydrogens (tertiary/aromatic N) is 5. The molecule has 1 saturated carbocycles. The van der Waals surface area contributed by atoms with Crippen LogP contribution in [0, 0.1) is 23.7 Å². The Morgan fingerprint density at radius 2 is 1.87 bits per heavy atom. The van der Waals surface area contributed by atoms with E-state index >= 15 is 0 Å². The lowest BCUT2D eigenvalue weighted by molar-refractivity contribution is 0.568. The molecule has 7 heteroatoms. The van der Waals surface area contributed by atoms with Crippen molar-refractivity contribution in [2.75, 3.05) is 0 Å². The Kier molecular flexibility index (Phi) is 6.11. The first kappa shape index (κ1) is 18.0. The van der Waals surface area contributed by atoms with Gasteiger partial charge in [0.05, 0.1) is 17.2 Å². The van der Waals surface area contributed by atoms with Crippen molar-refractivity contribution in [3.8, 4) is 13.1 Å². The monoisotopic (exact) mass is 312 g/mol. The minimum absolute atomic E-state index is 0.0920. The minimum Gasteiger partial charge on any atom is -0.323 e. The molecule has 1 aromatic carbocycles. The van der Waals surface area contributed by atoms with E-state index in [1.165, 1.54) is 0 Å². The Balaban J connectivity index is 0.000000615. The van der Waals surface area contributed by atoms with E-state index in [1.807, 2.05) is 41.2 Å². The molecular weight excluding hydrogens is 292 g/mol. The topological polar surface area (TPSA) is 113 Å². The number of rotatable bonds is 3. The van der Waals surface area contributed by atoms with Crippen molar-refractivity contribution in [3.05, 3.63) is 34.2 Å². The van der Waals surface area contributed by atoms with Crippen LogP contribution in [-0.4, -0.2) is 15.3 Å². The van der Waals surface area contributed by atoms with E-state index < -0.39 is 0 Å². The molecule has 1 fully saturated rings. The number of aromatic nitrogens is 2. The average Bonchev–Trinajstić information content (AvgIpc) is 3.34. The van der Waals surface area contributed by atoms with Crippen LogP contribution >= 0.6 is 0 Å². The van der Waals surface area contributed by atoms with Crippen molar-refractivity contribution in [2.45, 2.75) is 38.8 Å². The number of hydrogen-bond donors (Lipinski definition) is 1. The van der Waals surface area contributed by atoms with Gasteiger partial charge in [-0.25, -0.2) is 15.3 Å². The fourth-order valence-corrected chi connectivity index (χ4v) is 2.61. The maximum absolute atomic E-state index is 12.5. The van der Waals surface area contributed by atoms with Gasteiger partial charge in [-0.3, -0.25) is 9.13 Å². The second-order valence-corrected chi connectivity index (χ2v) is 5.37. The predicted molar refractivity (Wildman–Crippen MR) is 90.0 cm³/mol. The normalized spacial score (nSPS) is 13.3. The zero-order valence-corrected chi connectivity index (χ0v) is 13.3. The van der Waals surface area contributed by atoms with E-state index in [2.05, 4.69) is 18.2 Å². The molecule has 1 aliphatic rings. The lowest BCUT2D eigenvalue weighted by Gasteiger charge is -2.06. The standard InChI is InChI=1S/C14H18N4O.2CHN/c1-9(2)17-13-7-10(8-16-15)3-6-12(13)18(14(17)19)11-4-5-11;2*1-2/h3,6-9,11H,4-5,15H2,1-2H3;2*1H. The second-order valence-electron chi connectivity index (χ2n) is 5.37. The summed E-state index contributed by atoms with van der Waals surface area (Å²) in [6.45, 7) is 11.1. The van der Waals surface area contributed by atoms with Crippen LogP contribution in [0.4, 0.5) is 0 Å². The Morgan fingerprint density at radius 1 is 1.26 bits per heavy atom. The van der Waals surface area contributed by atoms with Crippen LogP contribution in [0.3, 0.4) is 0 Å². The number of nitrogens with two attached hydrogens (primary N) is 1. The van der Waals surface area contributed by atoms with Crippen molar-refractivity contribution in [3.63, 3.8) is 0 Å². The first-order valence-corrected chi connectivity index (χ1v) is 7.15. The predicted octanol–water partition coefficient (Wildman–Crippen LogP) is 2.29. The van der Waals surface area contributed by atoms with E-state index in [0.29, 0.717) is 6.04 Å². The van der Waals surface area contributed by atoms with Gasteiger partial charge in [-0.05, 0) is 44.4 Å². The summed E-state index contributed by atoms with van der Waals surface area (Å²) >= 11 is 0. The molecule has 3 rings (SSSR count). The highest BCUT2D eigenvalue weighted by Crippen LogP contribution is 2.36. The second kappa shape index (κ2) is 7.81. The number of benzene rings is 1. The van der Waals surface area contributed by atoms with Crippen LogP contribution in [0.15, 0.2) is 28.1 Å². The molecule has 1 heterocycles. The molecule has 0 radical (unpaired) electrons. The van der Waals surface area contributed by atoms with Gasteiger partial charge in [-0.15, -0.1) is 0 Å². The van der Waals surface area contributed by atoms with Gasteiger partial charge in [0.15, 0.2) is 0 Å². The molecule has 0 aliphatic heterocycles. The fourth-order valence-electron chi connectivity index (χ4n) is 2.61. The van der Waals surface area contributed by atoms with Crippen molar-refractivity contribution in [1.29, 1.82) is 10.5 Å². The molecule has 1 aromatic heterocycles. The molecule has 1 aliphatic carbocycles. The number of hydrogen-bond acceptors (Lipinski definition) is 5. The Morgan fingerprint density at radius 3 is 2.35 bits per heavy atom. The van der Waals surface area contributed by atoms with Crippen LogP contribution in [-0.2, 0) is 0 Å². The Bertz CT molecular complexity index is 783. The number of imidazole rings is 1. The SMILES string of the molecule is C#N.C#N.CC(C)n1c(=O)n(C2CC2)c2ccc(C=NN)cc21. The Hall–Kier alpha value is -3.06. The van der Waals surface area contributed by atoms with Gasteiger partial charge < -0.3 is 5.84 Å². The summed E-state index contributed by atoms with van der Waals surface area (Å²) in [5.41, 5.74) is 2.98. The third kappa shape index (κ3) is 3.41. The molecule has 120 valence electrons. The van der Waals surface area contributed by atoms with Gasteiger partial charge in [-0.1, -0.05) is 6.07 Å². The molecule has 7 nitrogen and oxygen atoms in total. The van der Waals surface area contributed by atoms with Crippen LogP contribution in [0.2, 0.25) is 0 Å². The van der Waals surface area contributed by atoms with Gasteiger partial charge >= 0.3 is 5.69 Å². The molecule has 2 aromatic rings. The van der Waals surface area contributed by atoms with Crippen molar-refractivity contribution in [2.24, 2.45) is 10.9 Å². The highest BCUT2D eigenvalue weighted by molar-refractivity contribution is 5.87. The van der Waals surface area contributed by atoms with E-state index in [1.54, 1.807) is 6.21 Å². The Labute approximate surface area is 134 Å². The summed E-state index contributed by atoms with van der Waals surface area (Å²) in [7, 11) is 0. The number of nitriles is 2. The summed E-state index contributed by atoms with van der Waals surface area (Å²) in [4.78, 5) is 12.5. The molecular formula is C16H20N6O. The molecule has 0 atom stereocenters. The molecule has 0 unspecified atom stereocenters. The smallest absolute Gasteiger partial charge is 0.323 e. The van der Waals surface area contributed by atoms with Gasteiger partial charge in [0.1, 0.15) is 0 Å². The first-order valence-electron chi connectivity index (χ1n) is 7.15. The molecule has 0 amide bonds. The average molecular weight is 312 g/mol. The van der Waals surface area contributed by atoms with E-state index in [-0.39, 0.29) is 11.7 Å². The van der Waals surface area contributed by atoms with E-state index in [0.717, 1.165) is 29.4 Å². The van der Waals surface area contributed by atoms with Crippen LogP contribution < -0.4 is 11.5 Å². The first-order chi connectivity index (χ1) is 11.1. The van der Waals surface area contributed by atoms with Crippen LogP contribution in [0.1, 0.15) is 44.3 Å². The molecule has 0 saturated heterocycles. The van der Waals surface area contributed by atoms with Crippen LogP contribution in [0.25, 0.3) is 11.0 Å². The molecule has 23 heavy (non-hydrogen) atoms. The van der Waals surface area contributed by atoms with E-state index in [9.17, 15) is 4.79 Å². The van der Waals surface area contributed by atoms with Crippen LogP contribution in [0.5, 0.6) is 0 Å². The fraction of sp³-hybridized carbons (Fsp3) is 0.375. The van der Waals surface area contributed by atoms with Crippen molar-refractivity contribution >= 4 is 17.2 Å². The maximum Gasteiger partial charge on any atom is 0.329 e. The number of hydrazone groups is 1.